The summed E-state index contributed by atoms with van der Waals surface area (Å²) in [6.45, 7) is -0.0942. The summed E-state index contributed by atoms with van der Waals surface area (Å²) in [6.07, 6.45) is -7.09. The summed E-state index contributed by atoms with van der Waals surface area (Å²) in [4.78, 5) is 20.6. The third-order valence-corrected chi connectivity index (χ3v) is 5.94. The number of hydrogen-bond acceptors (Lipinski definition) is 7. The summed E-state index contributed by atoms with van der Waals surface area (Å²) in [5.74, 6) is -2.52. The molecule has 2 aromatic rings. The maximum Gasteiger partial charge on any atom is 0.415 e. The van der Waals surface area contributed by atoms with Gasteiger partial charge in [-0.25, -0.2) is 18.8 Å². The molecule has 182 valence electrons. The minimum atomic E-state index is -4.74. The Balaban J connectivity index is 1.66. The summed E-state index contributed by atoms with van der Waals surface area (Å²) < 4.78 is 83.1. The standard InChI is InChI=1S/C22H20F5N3O4/c1-21(18-17(34-20(28)30-21)9-32-19(18)22(25,26)27)13-6-11(2-4-14(13)24)7-16(31)15-5-3-12(8-29-15)33-10-23/h2-6,8,17-19H,7,9-10H2,1H3,(H2,28,30)/t17-,18-,19-,21-/m1/s1. The first-order valence-corrected chi connectivity index (χ1v) is 10.2. The topological polar surface area (TPSA) is 96.0 Å². The lowest BCUT2D eigenvalue weighted by Crippen LogP contribution is -2.52. The lowest BCUT2D eigenvalue weighted by Gasteiger charge is -2.41. The van der Waals surface area contributed by atoms with Crippen LogP contribution in [0.25, 0.3) is 0 Å². The monoisotopic (exact) mass is 485 g/mol. The first-order valence-electron chi connectivity index (χ1n) is 10.2. The predicted molar refractivity (Wildman–Crippen MR) is 108 cm³/mol. The average molecular weight is 485 g/mol. The first-order chi connectivity index (χ1) is 16.0. The highest BCUT2D eigenvalue weighted by Crippen LogP contribution is 2.50. The van der Waals surface area contributed by atoms with Crippen molar-refractivity contribution in [1.29, 1.82) is 0 Å². The van der Waals surface area contributed by atoms with Gasteiger partial charge in [-0.3, -0.25) is 4.79 Å². The van der Waals surface area contributed by atoms with Gasteiger partial charge in [0.15, 0.2) is 11.9 Å². The van der Waals surface area contributed by atoms with E-state index in [1.54, 1.807) is 0 Å². The number of hydrogen-bond donors (Lipinski definition) is 1. The number of alkyl halides is 4. The summed E-state index contributed by atoms with van der Waals surface area (Å²) in [5, 5.41) is 0. The van der Waals surface area contributed by atoms with Gasteiger partial charge in [0.2, 0.25) is 6.86 Å². The molecule has 0 bridgehead atoms. The van der Waals surface area contributed by atoms with Gasteiger partial charge in [0, 0.05) is 12.0 Å². The number of halogens is 5. The molecule has 12 heteroatoms. The van der Waals surface area contributed by atoms with E-state index in [1.807, 2.05) is 0 Å². The zero-order valence-corrected chi connectivity index (χ0v) is 17.8. The molecule has 0 aliphatic carbocycles. The Bertz CT molecular complexity index is 1110. The molecule has 1 fully saturated rings. The molecule has 1 saturated heterocycles. The zero-order valence-electron chi connectivity index (χ0n) is 17.8. The van der Waals surface area contributed by atoms with Crippen LogP contribution in [-0.2, 0) is 21.4 Å². The quantitative estimate of drug-likeness (QED) is 0.498. The Hall–Kier alpha value is -3.28. The number of aliphatic imine (C=N–C) groups is 1. The van der Waals surface area contributed by atoms with E-state index in [0.717, 1.165) is 6.07 Å². The van der Waals surface area contributed by atoms with Crippen LogP contribution in [-0.4, -0.2) is 48.6 Å². The van der Waals surface area contributed by atoms with Crippen LogP contribution in [0.3, 0.4) is 0 Å². The normalized spacial score (nSPS) is 26.4. The van der Waals surface area contributed by atoms with Crippen molar-refractivity contribution in [2.45, 2.75) is 37.3 Å². The van der Waals surface area contributed by atoms with Crippen molar-refractivity contribution < 1.29 is 41.0 Å². The molecule has 34 heavy (non-hydrogen) atoms. The maximum absolute atomic E-state index is 15.0. The Labute approximate surface area is 190 Å². The maximum atomic E-state index is 15.0. The number of nitrogens with zero attached hydrogens (tertiary/aromatic N) is 2. The molecular weight excluding hydrogens is 465 g/mol. The number of benzene rings is 1. The van der Waals surface area contributed by atoms with Crippen LogP contribution in [0.15, 0.2) is 41.5 Å². The molecule has 0 unspecified atom stereocenters. The van der Waals surface area contributed by atoms with E-state index in [-0.39, 0.29) is 36.1 Å². The van der Waals surface area contributed by atoms with Crippen LogP contribution in [0.2, 0.25) is 0 Å². The second-order valence-corrected chi connectivity index (χ2v) is 8.12. The lowest BCUT2D eigenvalue weighted by atomic mass is 9.73. The first kappa shape index (κ1) is 23.9. The number of aromatic nitrogens is 1. The van der Waals surface area contributed by atoms with Gasteiger partial charge >= 0.3 is 6.18 Å². The van der Waals surface area contributed by atoms with Gasteiger partial charge in [0.1, 0.15) is 28.9 Å². The molecule has 1 aromatic heterocycles. The molecule has 2 aliphatic heterocycles. The van der Waals surface area contributed by atoms with Gasteiger partial charge in [-0.2, -0.15) is 13.2 Å². The molecule has 0 radical (unpaired) electrons. The number of fused-ring (bicyclic) bond motifs is 1. The van der Waals surface area contributed by atoms with Crippen LogP contribution < -0.4 is 10.5 Å². The number of ketones is 1. The minimum Gasteiger partial charge on any atom is -0.461 e. The lowest BCUT2D eigenvalue weighted by molar-refractivity contribution is -0.222. The van der Waals surface area contributed by atoms with Crippen molar-refractivity contribution in [2.24, 2.45) is 16.6 Å². The number of carbonyl (C=O) groups is 1. The summed E-state index contributed by atoms with van der Waals surface area (Å²) >= 11 is 0. The van der Waals surface area contributed by atoms with Crippen molar-refractivity contribution >= 4 is 11.8 Å². The minimum absolute atomic E-state index is 0.0537. The van der Waals surface area contributed by atoms with Gasteiger partial charge in [-0.15, -0.1) is 0 Å². The largest absolute Gasteiger partial charge is 0.461 e. The fourth-order valence-electron chi connectivity index (χ4n) is 4.43. The van der Waals surface area contributed by atoms with Crippen molar-refractivity contribution in [1.82, 2.24) is 4.98 Å². The number of carbonyl (C=O) groups excluding carboxylic acids is 1. The van der Waals surface area contributed by atoms with Crippen LogP contribution in [0.4, 0.5) is 22.0 Å². The van der Waals surface area contributed by atoms with Gasteiger partial charge in [-0.1, -0.05) is 6.07 Å². The van der Waals surface area contributed by atoms with Gasteiger partial charge in [-0.05, 0) is 36.8 Å². The van der Waals surface area contributed by atoms with Crippen molar-refractivity contribution in [3.8, 4) is 5.75 Å². The number of nitrogens with two attached hydrogens (primary N) is 1. The summed E-state index contributed by atoms with van der Waals surface area (Å²) in [5.41, 5.74) is 4.15. The molecule has 3 heterocycles. The second kappa shape index (κ2) is 8.82. The Morgan fingerprint density at radius 3 is 2.71 bits per heavy atom. The number of pyridine rings is 1. The molecule has 2 N–H and O–H groups in total. The van der Waals surface area contributed by atoms with Crippen molar-refractivity contribution in [3.63, 3.8) is 0 Å². The van der Waals surface area contributed by atoms with Crippen LogP contribution in [0.1, 0.15) is 28.5 Å². The number of Topliss-reactive ketones (excluding diaryl/α,β-unsaturated/α-hetero) is 1. The molecule has 4 atom stereocenters. The number of amidine groups is 1. The van der Waals surface area contributed by atoms with E-state index in [0.29, 0.717) is 5.56 Å². The SMILES string of the molecule is C[C@]1(c2cc(CC(=O)c3ccc(OCF)cn3)ccc2F)N=C(N)O[C@@H]2CO[C@@H](C(F)(F)F)[C@@H]21. The van der Waals surface area contributed by atoms with Crippen molar-refractivity contribution in [3.05, 3.63) is 59.2 Å². The van der Waals surface area contributed by atoms with Gasteiger partial charge < -0.3 is 19.9 Å². The molecule has 7 nitrogen and oxygen atoms in total. The van der Waals surface area contributed by atoms with Crippen LogP contribution >= 0.6 is 0 Å². The zero-order chi connectivity index (χ0) is 24.7. The van der Waals surface area contributed by atoms with Crippen LogP contribution in [0, 0.1) is 11.7 Å². The average Bonchev–Trinajstić information content (AvgIpc) is 3.21. The van der Waals surface area contributed by atoms with E-state index in [1.165, 1.54) is 37.4 Å². The fraction of sp³-hybridized carbons (Fsp3) is 0.409. The summed E-state index contributed by atoms with van der Waals surface area (Å²) in [6, 6.07) is 6.03. The third kappa shape index (κ3) is 4.41. The summed E-state index contributed by atoms with van der Waals surface area (Å²) in [7, 11) is 0. The Kier molecular flexibility index (Phi) is 6.19. The number of ether oxygens (including phenoxy) is 3. The highest BCUT2D eigenvalue weighted by atomic mass is 19.4. The fourth-order valence-corrected chi connectivity index (χ4v) is 4.43. The Morgan fingerprint density at radius 2 is 2.06 bits per heavy atom. The van der Waals surface area contributed by atoms with E-state index in [4.69, 9.17) is 15.2 Å². The van der Waals surface area contributed by atoms with Gasteiger partial charge in [0.25, 0.3) is 6.02 Å². The predicted octanol–water partition coefficient (Wildman–Crippen LogP) is 3.46. The molecule has 0 spiro atoms. The molecular formula is C22H20F5N3O4. The molecule has 0 amide bonds. The van der Waals surface area contributed by atoms with Crippen LogP contribution in [0.5, 0.6) is 5.75 Å². The van der Waals surface area contributed by atoms with E-state index in [2.05, 4.69) is 14.7 Å². The molecule has 2 aliphatic rings. The molecule has 4 rings (SSSR count). The van der Waals surface area contributed by atoms with E-state index in [9.17, 15) is 26.7 Å². The highest BCUT2D eigenvalue weighted by Gasteiger charge is 2.62. The van der Waals surface area contributed by atoms with E-state index >= 15 is 0 Å². The highest BCUT2D eigenvalue weighted by molar-refractivity contribution is 5.95. The van der Waals surface area contributed by atoms with E-state index < -0.39 is 48.3 Å². The van der Waals surface area contributed by atoms with Gasteiger partial charge in [0.05, 0.1) is 18.7 Å². The Morgan fingerprint density at radius 1 is 1.29 bits per heavy atom. The number of rotatable bonds is 6. The molecule has 0 saturated carbocycles. The van der Waals surface area contributed by atoms with Crippen molar-refractivity contribution in [2.75, 3.05) is 13.5 Å². The second-order valence-electron chi connectivity index (χ2n) is 8.12. The smallest absolute Gasteiger partial charge is 0.415 e. The third-order valence-electron chi connectivity index (χ3n) is 5.94. The molecule has 1 aromatic carbocycles.